The fourth-order valence-corrected chi connectivity index (χ4v) is 3.13. The molecule has 2 N–H and O–H groups in total. The maximum Gasteiger partial charge on any atom is 0.226 e. The summed E-state index contributed by atoms with van der Waals surface area (Å²) in [7, 11) is 3.20. The van der Waals surface area contributed by atoms with E-state index < -0.39 is 6.17 Å². The first-order chi connectivity index (χ1) is 15.1. The van der Waals surface area contributed by atoms with E-state index in [4.69, 9.17) is 9.47 Å². The molecule has 0 saturated heterocycles. The Morgan fingerprint density at radius 1 is 0.677 bits per heavy atom. The molecular weight excluding hydrogens is 392 g/mol. The van der Waals surface area contributed by atoms with Gasteiger partial charge in [-0.3, -0.25) is 9.59 Å². The van der Waals surface area contributed by atoms with Gasteiger partial charge in [-0.05, 0) is 41.0 Å². The summed E-state index contributed by atoms with van der Waals surface area (Å²) in [5.74, 6) is 1.08. The van der Waals surface area contributed by atoms with E-state index in [0.717, 1.165) is 28.2 Å². The van der Waals surface area contributed by atoms with Crippen molar-refractivity contribution in [2.75, 3.05) is 14.2 Å². The number of rotatable bonds is 9. The van der Waals surface area contributed by atoms with Gasteiger partial charge in [0.1, 0.15) is 17.7 Å². The molecule has 6 nitrogen and oxygen atoms in total. The Hall–Kier alpha value is -3.80. The van der Waals surface area contributed by atoms with Crippen LogP contribution in [0.15, 0.2) is 78.9 Å². The molecule has 0 atom stereocenters. The quantitative estimate of drug-likeness (QED) is 0.522. The molecule has 3 aromatic carbocycles. The van der Waals surface area contributed by atoms with E-state index in [1.54, 1.807) is 14.2 Å². The number of hydrogen-bond acceptors (Lipinski definition) is 4. The Balaban J connectivity index is 1.65. The Morgan fingerprint density at radius 2 is 1.10 bits per heavy atom. The summed E-state index contributed by atoms with van der Waals surface area (Å²) in [6.07, 6.45) is -0.235. The molecule has 6 heteroatoms. The normalized spacial score (nSPS) is 10.4. The van der Waals surface area contributed by atoms with Gasteiger partial charge < -0.3 is 20.1 Å². The summed E-state index contributed by atoms with van der Waals surface area (Å²) in [6.45, 7) is 0. The first-order valence-electron chi connectivity index (χ1n) is 9.97. The molecule has 3 rings (SSSR count). The van der Waals surface area contributed by atoms with Crippen LogP contribution in [0.2, 0.25) is 0 Å². The summed E-state index contributed by atoms with van der Waals surface area (Å²) >= 11 is 0. The highest BCUT2D eigenvalue weighted by atomic mass is 16.5. The summed E-state index contributed by atoms with van der Waals surface area (Å²) in [4.78, 5) is 25.3. The molecule has 0 spiro atoms. The minimum absolute atomic E-state index is 0.191. The Bertz CT molecular complexity index is 923. The minimum Gasteiger partial charge on any atom is -0.497 e. The molecule has 0 aliphatic carbocycles. The third-order valence-corrected chi connectivity index (χ3v) is 4.79. The number of ether oxygens (including phenoxy) is 2. The van der Waals surface area contributed by atoms with Gasteiger partial charge in [0, 0.05) is 0 Å². The number of hydrogen-bond donors (Lipinski definition) is 2. The predicted molar refractivity (Wildman–Crippen MR) is 119 cm³/mol. The second-order valence-corrected chi connectivity index (χ2v) is 7.03. The standard InChI is InChI=1S/C25H26N2O4/c1-30-21-12-8-18(9-13-21)16-23(28)26-25(20-6-4-3-5-7-20)27-24(29)17-19-10-14-22(31-2)15-11-19/h3-15,25H,16-17H2,1-2H3,(H,26,28)(H,27,29). The summed E-state index contributed by atoms with van der Waals surface area (Å²) in [5.41, 5.74) is 2.51. The van der Waals surface area contributed by atoms with Gasteiger partial charge in [0.15, 0.2) is 0 Å². The third-order valence-electron chi connectivity index (χ3n) is 4.79. The van der Waals surface area contributed by atoms with E-state index in [0.29, 0.717) is 0 Å². The van der Waals surface area contributed by atoms with Crippen LogP contribution in [0, 0.1) is 0 Å². The van der Waals surface area contributed by atoms with Gasteiger partial charge in [-0.25, -0.2) is 0 Å². The zero-order chi connectivity index (χ0) is 22.1. The van der Waals surface area contributed by atoms with Crippen LogP contribution in [0.5, 0.6) is 11.5 Å². The molecule has 0 heterocycles. The van der Waals surface area contributed by atoms with Crippen LogP contribution in [0.3, 0.4) is 0 Å². The largest absolute Gasteiger partial charge is 0.497 e. The highest BCUT2D eigenvalue weighted by Crippen LogP contribution is 2.15. The SMILES string of the molecule is COc1ccc(CC(=O)NC(NC(=O)Cc2ccc(OC)cc2)c2ccccc2)cc1. The number of methoxy groups -OCH3 is 2. The molecule has 0 aromatic heterocycles. The molecule has 0 saturated carbocycles. The van der Waals surface area contributed by atoms with Crippen LogP contribution >= 0.6 is 0 Å². The van der Waals surface area contributed by atoms with Crippen molar-refractivity contribution in [2.45, 2.75) is 19.0 Å². The Morgan fingerprint density at radius 3 is 1.48 bits per heavy atom. The number of nitrogens with one attached hydrogen (secondary N) is 2. The highest BCUT2D eigenvalue weighted by molar-refractivity contribution is 5.82. The monoisotopic (exact) mass is 418 g/mol. The lowest BCUT2D eigenvalue weighted by Crippen LogP contribution is -2.42. The van der Waals surface area contributed by atoms with Crippen LogP contribution < -0.4 is 20.1 Å². The Labute approximate surface area is 182 Å². The minimum atomic E-state index is -0.627. The molecule has 0 radical (unpaired) electrons. The average molecular weight is 418 g/mol. The molecule has 3 aromatic rings. The van der Waals surface area contributed by atoms with E-state index >= 15 is 0 Å². The number of carbonyl (C=O) groups excluding carboxylic acids is 2. The van der Waals surface area contributed by atoms with Gasteiger partial charge in [-0.2, -0.15) is 0 Å². The maximum atomic E-state index is 12.7. The first-order valence-corrected chi connectivity index (χ1v) is 9.97. The van der Waals surface area contributed by atoms with E-state index in [-0.39, 0.29) is 24.7 Å². The van der Waals surface area contributed by atoms with Crippen molar-refractivity contribution in [3.8, 4) is 11.5 Å². The van der Waals surface area contributed by atoms with Crippen molar-refractivity contribution >= 4 is 11.8 Å². The van der Waals surface area contributed by atoms with Crippen LogP contribution in [0.25, 0.3) is 0 Å². The number of benzene rings is 3. The Kier molecular flexibility index (Phi) is 7.65. The third kappa shape index (κ3) is 6.60. The number of carbonyl (C=O) groups is 2. The van der Waals surface area contributed by atoms with Crippen LogP contribution in [0.4, 0.5) is 0 Å². The van der Waals surface area contributed by atoms with Crippen LogP contribution in [-0.4, -0.2) is 26.0 Å². The van der Waals surface area contributed by atoms with Gasteiger partial charge >= 0.3 is 0 Å². The second-order valence-electron chi connectivity index (χ2n) is 7.03. The smallest absolute Gasteiger partial charge is 0.226 e. The molecular formula is C25H26N2O4. The summed E-state index contributed by atoms with van der Waals surface area (Å²) in [6, 6.07) is 24.0. The van der Waals surface area contributed by atoms with E-state index in [1.165, 1.54) is 0 Å². The van der Waals surface area contributed by atoms with Gasteiger partial charge in [-0.15, -0.1) is 0 Å². The van der Waals surface area contributed by atoms with Gasteiger partial charge in [0.05, 0.1) is 27.1 Å². The molecule has 0 aliphatic rings. The lowest BCUT2D eigenvalue weighted by Gasteiger charge is -2.21. The zero-order valence-corrected chi connectivity index (χ0v) is 17.6. The summed E-state index contributed by atoms with van der Waals surface area (Å²) < 4.78 is 10.3. The van der Waals surface area contributed by atoms with Crippen molar-refractivity contribution in [3.63, 3.8) is 0 Å². The van der Waals surface area contributed by atoms with Crippen molar-refractivity contribution in [3.05, 3.63) is 95.6 Å². The second kappa shape index (κ2) is 10.8. The predicted octanol–water partition coefficient (Wildman–Crippen LogP) is 3.42. The van der Waals surface area contributed by atoms with Gasteiger partial charge in [0.2, 0.25) is 11.8 Å². The molecule has 2 amide bonds. The molecule has 0 fully saturated rings. The lowest BCUT2D eigenvalue weighted by molar-refractivity contribution is -0.123. The fourth-order valence-electron chi connectivity index (χ4n) is 3.13. The average Bonchev–Trinajstić information content (AvgIpc) is 2.80. The number of amides is 2. The molecule has 160 valence electrons. The van der Waals surface area contributed by atoms with Gasteiger partial charge in [0.25, 0.3) is 0 Å². The molecule has 0 aliphatic heterocycles. The van der Waals surface area contributed by atoms with Gasteiger partial charge in [-0.1, -0.05) is 54.6 Å². The molecule has 0 bridgehead atoms. The van der Waals surface area contributed by atoms with Crippen molar-refractivity contribution < 1.29 is 19.1 Å². The van der Waals surface area contributed by atoms with Crippen molar-refractivity contribution in [2.24, 2.45) is 0 Å². The molecule has 31 heavy (non-hydrogen) atoms. The van der Waals surface area contributed by atoms with E-state index in [9.17, 15) is 9.59 Å². The maximum absolute atomic E-state index is 12.7. The van der Waals surface area contributed by atoms with Crippen molar-refractivity contribution in [1.82, 2.24) is 10.6 Å². The van der Waals surface area contributed by atoms with Crippen LogP contribution in [-0.2, 0) is 22.4 Å². The van der Waals surface area contributed by atoms with E-state index in [1.807, 2.05) is 78.9 Å². The van der Waals surface area contributed by atoms with E-state index in [2.05, 4.69) is 10.6 Å². The highest BCUT2D eigenvalue weighted by Gasteiger charge is 2.17. The topological polar surface area (TPSA) is 76.7 Å². The fraction of sp³-hybridized carbons (Fsp3) is 0.200. The summed E-state index contributed by atoms with van der Waals surface area (Å²) in [5, 5.41) is 5.85. The molecule has 0 unspecified atom stereocenters. The lowest BCUT2D eigenvalue weighted by atomic mass is 10.1. The van der Waals surface area contributed by atoms with Crippen molar-refractivity contribution in [1.29, 1.82) is 0 Å². The first kappa shape index (κ1) is 21.9. The zero-order valence-electron chi connectivity index (χ0n) is 17.6. The van der Waals surface area contributed by atoms with Crippen LogP contribution in [0.1, 0.15) is 22.9 Å².